The number of rotatable bonds is 9. The zero-order chi connectivity index (χ0) is 14.2. The highest BCUT2D eigenvalue weighted by Crippen LogP contribution is 2.40. The van der Waals surface area contributed by atoms with Gasteiger partial charge in [0.2, 0.25) is 0 Å². The summed E-state index contributed by atoms with van der Waals surface area (Å²) in [7, 11) is 1.74. The van der Waals surface area contributed by atoms with E-state index in [4.69, 9.17) is 14.6 Å². The molecule has 1 fully saturated rings. The molecule has 2 rings (SSSR count). The van der Waals surface area contributed by atoms with Gasteiger partial charge in [0.15, 0.2) is 0 Å². The van der Waals surface area contributed by atoms with Gasteiger partial charge in [-0.2, -0.15) is 0 Å². The Hall–Kier alpha value is -1.10. The van der Waals surface area contributed by atoms with Gasteiger partial charge in [-0.15, -0.1) is 0 Å². The van der Waals surface area contributed by atoms with E-state index in [1.54, 1.807) is 7.11 Å². The average Bonchev–Trinajstić information content (AvgIpc) is 2.44. The summed E-state index contributed by atoms with van der Waals surface area (Å²) in [6, 6.07) is 8.92. The lowest BCUT2D eigenvalue weighted by Gasteiger charge is -2.37. The van der Waals surface area contributed by atoms with Crippen LogP contribution in [0.2, 0.25) is 0 Å². The van der Waals surface area contributed by atoms with Crippen molar-refractivity contribution in [1.29, 1.82) is 0 Å². The summed E-state index contributed by atoms with van der Waals surface area (Å²) in [5.41, 5.74) is 1.33. The summed E-state index contributed by atoms with van der Waals surface area (Å²) in [6.45, 7) is 2.25. The molecule has 2 N–H and O–H groups in total. The monoisotopic (exact) mass is 279 g/mol. The summed E-state index contributed by atoms with van der Waals surface area (Å²) >= 11 is 0. The summed E-state index contributed by atoms with van der Waals surface area (Å²) in [4.78, 5) is 0. The maximum atomic E-state index is 8.59. The van der Waals surface area contributed by atoms with Crippen LogP contribution in [-0.4, -0.2) is 44.6 Å². The lowest BCUT2D eigenvalue weighted by Crippen LogP contribution is -2.40. The number of nitrogens with one attached hydrogen (secondary N) is 1. The van der Waals surface area contributed by atoms with Gasteiger partial charge in [0.05, 0.1) is 20.3 Å². The minimum absolute atomic E-state index is 0.108. The van der Waals surface area contributed by atoms with Gasteiger partial charge in [-0.25, -0.2) is 0 Å². The van der Waals surface area contributed by atoms with Crippen molar-refractivity contribution in [2.24, 2.45) is 0 Å². The lowest BCUT2D eigenvalue weighted by molar-refractivity contribution is 0.0897. The van der Waals surface area contributed by atoms with Gasteiger partial charge in [0.25, 0.3) is 0 Å². The molecule has 0 bridgehead atoms. The normalized spacial score (nSPS) is 21.5. The SMILES string of the molecule is COc1ccccc1C1CC(NCCCOCCO)C1. The Kier molecular flexibility index (Phi) is 6.30. The molecule has 0 atom stereocenters. The van der Waals surface area contributed by atoms with Gasteiger partial charge in [-0.1, -0.05) is 18.2 Å². The van der Waals surface area contributed by atoms with Gasteiger partial charge in [-0.3, -0.25) is 0 Å². The van der Waals surface area contributed by atoms with Crippen LogP contribution in [0.25, 0.3) is 0 Å². The first-order valence-electron chi connectivity index (χ1n) is 7.40. The zero-order valence-electron chi connectivity index (χ0n) is 12.2. The van der Waals surface area contributed by atoms with Crippen molar-refractivity contribution < 1.29 is 14.6 Å². The van der Waals surface area contributed by atoms with E-state index in [1.165, 1.54) is 18.4 Å². The molecule has 112 valence electrons. The number of aliphatic hydroxyl groups is 1. The molecule has 4 nitrogen and oxygen atoms in total. The minimum atomic E-state index is 0.108. The fourth-order valence-electron chi connectivity index (χ4n) is 2.69. The van der Waals surface area contributed by atoms with Crippen molar-refractivity contribution in [3.63, 3.8) is 0 Å². The molecule has 20 heavy (non-hydrogen) atoms. The molecule has 0 radical (unpaired) electrons. The summed E-state index contributed by atoms with van der Waals surface area (Å²) in [5.74, 6) is 1.63. The Labute approximate surface area is 121 Å². The van der Waals surface area contributed by atoms with E-state index in [1.807, 2.05) is 12.1 Å². The number of aliphatic hydroxyl groups excluding tert-OH is 1. The maximum absolute atomic E-state index is 8.59. The van der Waals surface area contributed by atoms with Crippen LogP contribution in [-0.2, 0) is 4.74 Å². The topological polar surface area (TPSA) is 50.7 Å². The predicted molar refractivity (Wildman–Crippen MR) is 79.3 cm³/mol. The van der Waals surface area contributed by atoms with E-state index < -0.39 is 0 Å². The first-order valence-corrected chi connectivity index (χ1v) is 7.40. The van der Waals surface area contributed by atoms with Crippen LogP contribution < -0.4 is 10.1 Å². The molecule has 4 heteroatoms. The molecular weight excluding hydrogens is 254 g/mol. The van der Waals surface area contributed by atoms with E-state index in [0.717, 1.165) is 25.3 Å². The molecular formula is C16H25NO3. The van der Waals surface area contributed by atoms with E-state index in [-0.39, 0.29) is 6.61 Å². The zero-order valence-corrected chi connectivity index (χ0v) is 12.2. The molecule has 0 amide bonds. The average molecular weight is 279 g/mol. The highest BCUT2D eigenvalue weighted by molar-refractivity contribution is 5.37. The number of methoxy groups -OCH3 is 1. The van der Waals surface area contributed by atoms with Gasteiger partial charge >= 0.3 is 0 Å². The van der Waals surface area contributed by atoms with Crippen LogP contribution >= 0.6 is 0 Å². The molecule has 0 unspecified atom stereocenters. The fraction of sp³-hybridized carbons (Fsp3) is 0.625. The highest BCUT2D eigenvalue weighted by Gasteiger charge is 2.31. The van der Waals surface area contributed by atoms with Gasteiger partial charge in [0.1, 0.15) is 5.75 Å². The first-order chi connectivity index (χ1) is 9.85. The highest BCUT2D eigenvalue weighted by atomic mass is 16.5. The lowest BCUT2D eigenvalue weighted by atomic mass is 9.75. The smallest absolute Gasteiger partial charge is 0.122 e. The third kappa shape index (κ3) is 4.20. The molecule has 1 saturated carbocycles. The summed E-state index contributed by atoms with van der Waals surface area (Å²) < 4.78 is 10.6. The first kappa shape index (κ1) is 15.3. The van der Waals surface area contributed by atoms with Crippen LogP contribution in [0.1, 0.15) is 30.7 Å². The number of hydrogen-bond donors (Lipinski definition) is 2. The quantitative estimate of drug-likeness (QED) is 0.678. The molecule has 1 aliphatic rings. The van der Waals surface area contributed by atoms with Crippen molar-refractivity contribution >= 4 is 0 Å². The van der Waals surface area contributed by atoms with E-state index in [0.29, 0.717) is 18.6 Å². The van der Waals surface area contributed by atoms with Crippen LogP contribution in [0.15, 0.2) is 24.3 Å². The second-order valence-electron chi connectivity index (χ2n) is 5.25. The second kappa shape index (κ2) is 8.25. The Morgan fingerprint density at radius 1 is 1.25 bits per heavy atom. The van der Waals surface area contributed by atoms with Crippen LogP contribution in [0.3, 0.4) is 0 Å². The number of hydrogen-bond acceptors (Lipinski definition) is 4. The Balaban J connectivity index is 1.62. The van der Waals surface area contributed by atoms with Crippen molar-refractivity contribution in [1.82, 2.24) is 5.32 Å². The number of ether oxygens (including phenoxy) is 2. The van der Waals surface area contributed by atoms with Crippen molar-refractivity contribution in [2.45, 2.75) is 31.2 Å². The van der Waals surface area contributed by atoms with Crippen LogP contribution in [0.5, 0.6) is 5.75 Å². The predicted octanol–water partition coefficient (Wildman–Crippen LogP) is 1.93. The molecule has 0 saturated heterocycles. The Morgan fingerprint density at radius 2 is 2.05 bits per heavy atom. The Morgan fingerprint density at radius 3 is 2.80 bits per heavy atom. The van der Waals surface area contributed by atoms with Crippen molar-refractivity contribution in [3.8, 4) is 5.75 Å². The number of benzene rings is 1. The third-order valence-electron chi connectivity index (χ3n) is 3.85. The standard InChI is InChI=1S/C16H25NO3/c1-19-16-6-3-2-5-15(16)13-11-14(12-13)17-7-4-9-20-10-8-18/h2-3,5-6,13-14,17-18H,4,7-12H2,1H3. The van der Waals surface area contributed by atoms with Crippen LogP contribution in [0, 0.1) is 0 Å². The second-order valence-corrected chi connectivity index (χ2v) is 5.25. The van der Waals surface area contributed by atoms with Crippen LogP contribution in [0.4, 0.5) is 0 Å². The van der Waals surface area contributed by atoms with E-state index in [9.17, 15) is 0 Å². The van der Waals surface area contributed by atoms with Crippen molar-refractivity contribution in [3.05, 3.63) is 29.8 Å². The Bertz CT molecular complexity index is 391. The maximum Gasteiger partial charge on any atom is 0.122 e. The summed E-state index contributed by atoms with van der Waals surface area (Å²) in [6.07, 6.45) is 3.35. The third-order valence-corrected chi connectivity index (χ3v) is 3.85. The molecule has 1 aliphatic carbocycles. The van der Waals surface area contributed by atoms with Crippen molar-refractivity contribution in [2.75, 3.05) is 33.5 Å². The molecule has 0 aromatic heterocycles. The number of para-hydroxylation sites is 1. The molecule has 0 aliphatic heterocycles. The molecule has 1 aromatic rings. The minimum Gasteiger partial charge on any atom is -0.496 e. The fourth-order valence-corrected chi connectivity index (χ4v) is 2.69. The van der Waals surface area contributed by atoms with Gasteiger partial charge in [-0.05, 0) is 43.4 Å². The van der Waals surface area contributed by atoms with Gasteiger partial charge in [0, 0.05) is 12.6 Å². The molecule has 1 aromatic carbocycles. The largest absolute Gasteiger partial charge is 0.496 e. The van der Waals surface area contributed by atoms with Gasteiger partial charge < -0.3 is 19.9 Å². The van der Waals surface area contributed by atoms with E-state index >= 15 is 0 Å². The molecule has 0 spiro atoms. The van der Waals surface area contributed by atoms with E-state index in [2.05, 4.69) is 17.4 Å². The summed E-state index contributed by atoms with van der Waals surface area (Å²) in [5, 5.41) is 12.1. The molecule has 0 heterocycles.